The van der Waals surface area contributed by atoms with Gasteiger partial charge in [-0.15, -0.1) is 0 Å². The van der Waals surface area contributed by atoms with E-state index < -0.39 is 6.10 Å². The minimum absolute atomic E-state index is 0.308. The Balaban J connectivity index is 1.77. The van der Waals surface area contributed by atoms with Crippen LogP contribution in [0.25, 0.3) is 0 Å². The molecule has 1 N–H and O–H groups in total. The van der Waals surface area contributed by atoms with Gasteiger partial charge in [0.25, 0.3) is 0 Å². The van der Waals surface area contributed by atoms with Gasteiger partial charge in [-0.2, -0.15) is 0 Å². The zero-order valence-electron chi connectivity index (χ0n) is 12.3. The second-order valence-corrected chi connectivity index (χ2v) is 6.66. The minimum Gasteiger partial charge on any atom is -0.389 e. The molecule has 2 aliphatic carbocycles. The Kier molecular flexibility index (Phi) is 3.72. The predicted octanol–water partition coefficient (Wildman–Crippen LogP) is 3.75. The Hall–Kier alpha value is -1.09. The Labute approximate surface area is 120 Å². The van der Waals surface area contributed by atoms with Gasteiger partial charge >= 0.3 is 0 Å². The predicted molar refractivity (Wildman–Crippen MR) is 79.2 cm³/mol. The number of rotatable bonds is 4. The highest BCUT2D eigenvalue weighted by atomic mass is 19.1. The van der Waals surface area contributed by atoms with Crippen molar-refractivity contribution in [3.05, 3.63) is 29.6 Å². The molecule has 1 aromatic carbocycles. The quantitative estimate of drug-likeness (QED) is 0.906. The summed E-state index contributed by atoms with van der Waals surface area (Å²) in [6.45, 7) is 2.61. The van der Waals surface area contributed by atoms with Crippen molar-refractivity contribution in [1.29, 1.82) is 0 Å². The molecule has 1 aromatic rings. The molecule has 3 rings (SSSR count). The van der Waals surface area contributed by atoms with Crippen LogP contribution in [0.4, 0.5) is 10.1 Å². The molecule has 0 heterocycles. The van der Waals surface area contributed by atoms with Gasteiger partial charge in [-0.3, -0.25) is 0 Å². The van der Waals surface area contributed by atoms with Gasteiger partial charge in [-0.05, 0) is 56.1 Å². The third-order valence-electron chi connectivity index (χ3n) is 5.25. The van der Waals surface area contributed by atoms with Crippen molar-refractivity contribution >= 4 is 5.69 Å². The molecule has 20 heavy (non-hydrogen) atoms. The van der Waals surface area contributed by atoms with Crippen LogP contribution < -0.4 is 4.90 Å². The number of nitrogens with zero attached hydrogens (tertiary/aromatic N) is 1. The number of hydrogen-bond acceptors (Lipinski definition) is 2. The van der Waals surface area contributed by atoms with Crippen LogP contribution in [-0.4, -0.2) is 18.7 Å². The molecule has 4 atom stereocenters. The topological polar surface area (TPSA) is 23.5 Å². The van der Waals surface area contributed by atoms with Crippen LogP contribution in [-0.2, 0) is 0 Å². The van der Waals surface area contributed by atoms with Crippen LogP contribution in [0.5, 0.6) is 0 Å². The van der Waals surface area contributed by atoms with Gasteiger partial charge in [0.1, 0.15) is 5.82 Å². The number of halogens is 1. The lowest BCUT2D eigenvalue weighted by Crippen LogP contribution is -2.29. The number of aliphatic hydroxyl groups is 1. The van der Waals surface area contributed by atoms with Crippen LogP contribution in [0.15, 0.2) is 18.2 Å². The third kappa shape index (κ3) is 2.44. The molecule has 110 valence electrons. The summed E-state index contributed by atoms with van der Waals surface area (Å²) < 4.78 is 13.9. The van der Waals surface area contributed by atoms with Crippen LogP contribution >= 0.6 is 0 Å². The average molecular weight is 277 g/mol. The molecule has 0 aliphatic heterocycles. The summed E-state index contributed by atoms with van der Waals surface area (Å²) in [4.78, 5) is 2.14. The monoisotopic (exact) mass is 277 g/mol. The van der Waals surface area contributed by atoms with Gasteiger partial charge in [-0.1, -0.05) is 12.5 Å². The van der Waals surface area contributed by atoms with Gasteiger partial charge < -0.3 is 10.0 Å². The summed E-state index contributed by atoms with van der Waals surface area (Å²) in [6.07, 6.45) is 4.73. The highest BCUT2D eigenvalue weighted by molar-refractivity contribution is 5.54. The van der Waals surface area contributed by atoms with E-state index in [9.17, 15) is 9.50 Å². The van der Waals surface area contributed by atoms with Crippen LogP contribution in [0.1, 0.15) is 44.3 Å². The molecular weight excluding hydrogens is 253 g/mol. The SMILES string of the molecule is C[C@@H](O)c1c(F)cccc1N(C)CC1CC2CCC1C2. The van der Waals surface area contributed by atoms with Crippen LogP contribution in [0, 0.1) is 23.6 Å². The molecule has 2 bridgehead atoms. The first kappa shape index (κ1) is 13.9. The van der Waals surface area contributed by atoms with E-state index in [1.807, 2.05) is 13.1 Å². The molecule has 0 radical (unpaired) electrons. The lowest BCUT2D eigenvalue weighted by atomic mass is 9.88. The lowest BCUT2D eigenvalue weighted by molar-refractivity contribution is 0.194. The fraction of sp³-hybridized carbons (Fsp3) is 0.647. The normalized spacial score (nSPS) is 29.7. The van der Waals surface area contributed by atoms with Gasteiger partial charge in [0.2, 0.25) is 0 Å². The zero-order chi connectivity index (χ0) is 14.3. The maximum Gasteiger partial charge on any atom is 0.131 e. The fourth-order valence-electron chi connectivity index (χ4n) is 4.32. The first-order valence-corrected chi connectivity index (χ1v) is 7.74. The van der Waals surface area contributed by atoms with Crippen molar-refractivity contribution in [2.45, 2.75) is 38.7 Å². The number of fused-ring (bicyclic) bond motifs is 2. The van der Waals surface area contributed by atoms with Crippen molar-refractivity contribution in [3.8, 4) is 0 Å². The molecule has 0 saturated heterocycles. The van der Waals surface area contributed by atoms with Gasteiger partial charge in [0.05, 0.1) is 6.10 Å². The second-order valence-electron chi connectivity index (χ2n) is 6.66. The van der Waals surface area contributed by atoms with E-state index in [0.717, 1.165) is 30.0 Å². The van der Waals surface area contributed by atoms with E-state index in [-0.39, 0.29) is 5.82 Å². The summed E-state index contributed by atoms with van der Waals surface area (Å²) in [5.41, 5.74) is 1.26. The molecule has 2 aliphatic rings. The van der Waals surface area contributed by atoms with Gasteiger partial charge in [0.15, 0.2) is 0 Å². The molecule has 3 unspecified atom stereocenters. The Morgan fingerprint density at radius 1 is 1.35 bits per heavy atom. The third-order valence-corrected chi connectivity index (χ3v) is 5.25. The molecular formula is C17H24FNO. The Morgan fingerprint density at radius 2 is 2.15 bits per heavy atom. The number of hydrogen-bond donors (Lipinski definition) is 1. The Bertz CT molecular complexity index is 488. The highest BCUT2D eigenvalue weighted by Gasteiger charge is 2.39. The molecule has 2 fully saturated rings. The molecule has 0 amide bonds. The molecule has 0 aromatic heterocycles. The first-order chi connectivity index (χ1) is 9.56. The summed E-state index contributed by atoms with van der Waals surface area (Å²) in [5, 5.41) is 9.83. The zero-order valence-corrected chi connectivity index (χ0v) is 12.3. The van der Waals surface area contributed by atoms with Gasteiger partial charge in [0, 0.05) is 24.8 Å². The molecule has 0 spiro atoms. The van der Waals surface area contributed by atoms with E-state index in [1.165, 1.54) is 31.7 Å². The van der Waals surface area contributed by atoms with Gasteiger partial charge in [-0.25, -0.2) is 4.39 Å². The summed E-state index contributed by atoms with van der Waals surface area (Å²) in [6, 6.07) is 5.07. The molecule has 2 saturated carbocycles. The van der Waals surface area contributed by atoms with E-state index >= 15 is 0 Å². The smallest absolute Gasteiger partial charge is 0.131 e. The number of anilines is 1. The fourth-order valence-corrected chi connectivity index (χ4v) is 4.32. The summed E-state index contributed by atoms with van der Waals surface area (Å²) in [7, 11) is 2.02. The second kappa shape index (κ2) is 5.36. The summed E-state index contributed by atoms with van der Waals surface area (Å²) in [5.74, 6) is 2.23. The standard InChI is InChI=1S/C17H24FNO/c1-11(20)17-15(18)4-3-5-16(17)19(2)10-14-9-12-6-7-13(14)8-12/h3-5,11-14,20H,6-10H2,1-2H3/t11-,12?,13?,14?/m1/s1. The maximum absolute atomic E-state index is 13.9. The number of aliphatic hydroxyl groups excluding tert-OH is 1. The average Bonchev–Trinajstić information content (AvgIpc) is 3.00. The van der Waals surface area contributed by atoms with Crippen molar-refractivity contribution in [2.75, 3.05) is 18.5 Å². The van der Waals surface area contributed by atoms with Crippen LogP contribution in [0.2, 0.25) is 0 Å². The highest BCUT2D eigenvalue weighted by Crippen LogP contribution is 2.48. The van der Waals surface area contributed by atoms with Crippen molar-refractivity contribution in [3.63, 3.8) is 0 Å². The Morgan fingerprint density at radius 3 is 2.75 bits per heavy atom. The molecule has 2 nitrogen and oxygen atoms in total. The van der Waals surface area contributed by atoms with E-state index in [1.54, 1.807) is 13.0 Å². The number of benzene rings is 1. The minimum atomic E-state index is -0.770. The van der Waals surface area contributed by atoms with Crippen LogP contribution in [0.3, 0.4) is 0 Å². The van der Waals surface area contributed by atoms with E-state index in [2.05, 4.69) is 4.90 Å². The van der Waals surface area contributed by atoms with E-state index in [4.69, 9.17) is 0 Å². The van der Waals surface area contributed by atoms with Crippen molar-refractivity contribution < 1.29 is 9.50 Å². The maximum atomic E-state index is 13.9. The summed E-state index contributed by atoms with van der Waals surface area (Å²) >= 11 is 0. The first-order valence-electron chi connectivity index (χ1n) is 7.74. The van der Waals surface area contributed by atoms with Crippen molar-refractivity contribution in [2.24, 2.45) is 17.8 Å². The van der Waals surface area contributed by atoms with Crippen molar-refractivity contribution in [1.82, 2.24) is 0 Å². The lowest BCUT2D eigenvalue weighted by Gasteiger charge is -2.30. The van der Waals surface area contributed by atoms with E-state index in [0.29, 0.717) is 5.56 Å². The molecule has 3 heteroatoms. The largest absolute Gasteiger partial charge is 0.389 e.